The molecule has 0 radical (unpaired) electrons. The van der Waals surface area contributed by atoms with Gasteiger partial charge < -0.3 is 5.32 Å². The average Bonchev–Trinajstić information content (AvgIpc) is 2.45. The SMILES string of the molecule is Cc1cc(C)c(C(C)NC(=O)c2cc(F)ccc2F)cc1C. The van der Waals surface area contributed by atoms with Crippen LogP contribution in [0.15, 0.2) is 30.3 Å². The number of amides is 1. The smallest absolute Gasteiger partial charge is 0.254 e. The van der Waals surface area contributed by atoms with Gasteiger partial charge in [0.1, 0.15) is 11.6 Å². The Hall–Kier alpha value is -2.23. The zero-order chi connectivity index (χ0) is 16.4. The molecule has 0 fully saturated rings. The maximum Gasteiger partial charge on any atom is 0.254 e. The summed E-state index contributed by atoms with van der Waals surface area (Å²) in [7, 11) is 0. The number of aryl methyl sites for hydroxylation is 3. The van der Waals surface area contributed by atoms with Gasteiger partial charge in [-0.3, -0.25) is 4.79 Å². The predicted molar refractivity (Wildman–Crippen MR) is 82.9 cm³/mol. The van der Waals surface area contributed by atoms with Gasteiger partial charge in [-0.05, 0) is 68.1 Å². The number of rotatable bonds is 3. The molecule has 2 aromatic carbocycles. The Morgan fingerprint density at radius 3 is 2.32 bits per heavy atom. The number of hydrogen-bond acceptors (Lipinski definition) is 1. The summed E-state index contributed by atoms with van der Waals surface area (Å²) in [5, 5.41) is 2.72. The van der Waals surface area contributed by atoms with E-state index in [-0.39, 0.29) is 11.6 Å². The summed E-state index contributed by atoms with van der Waals surface area (Å²) in [6.07, 6.45) is 0. The molecule has 0 saturated carbocycles. The highest BCUT2D eigenvalue weighted by molar-refractivity contribution is 5.94. The van der Waals surface area contributed by atoms with E-state index in [1.165, 1.54) is 5.56 Å². The summed E-state index contributed by atoms with van der Waals surface area (Å²) in [6.45, 7) is 7.82. The maximum atomic E-state index is 13.6. The minimum absolute atomic E-state index is 0.284. The molecule has 0 aliphatic rings. The fourth-order valence-corrected chi connectivity index (χ4v) is 2.47. The number of carbonyl (C=O) groups excluding carboxylic acids is 1. The van der Waals surface area contributed by atoms with E-state index < -0.39 is 17.5 Å². The molecule has 0 aliphatic carbocycles. The first kappa shape index (κ1) is 16.1. The molecule has 0 spiro atoms. The molecule has 1 amide bonds. The first-order chi connectivity index (χ1) is 10.3. The second-order valence-electron chi connectivity index (χ2n) is 5.61. The highest BCUT2D eigenvalue weighted by atomic mass is 19.1. The molecule has 116 valence electrons. The predicted octanol–water partition coefficient (Wildman–Crippen LogP) is 4.38. The number of carbonyl (C=O) groups is 1. The Labute approximate surface area is 129 Å². The molecular weight excluding hydrogens is 284 g/mol. The lowest BCUT2D eigenvalue weighted by Crippen LogP contribution is -2.28. The van der Waals surface area contributed by atoms with Crippen LogP contribution in [0.4, 0.5) is 8.78 Å². The number of benzene rings is 2. The highest BCUT2D eigenvalue weighted by Crippen LogP contribution is 2.22. The van der Waals surface area contributed by atoms with E-state index in [0.29, 0.717) is 0 Å². The Morgan fingerprint density at radius 2 is 1.64 bits per heavy atom. The van der Waals surface area contributed by atoms with Crippen LogP contribution in [0.5, 0.6) is 0 Å². The summed E-state index contributed by atoms with van der Waals surface area (Å²) in [5.74, 6) is -1.99. The molecule has 0 heterocycles. The minimum atomic E-state index is -0.733. The number of nitrogens with one attached hydrogen (secondary N) is 1. The van der Waals surface area contributed by atoms with Crippen LogP contribution in [0.3, 0.4) is 0 Å². The summed E-state index contributed by atoms with van der Waals surface area (Å²) in [5.41, 5.74) is 4.03. The Bertz CT molecular complexity index is 725. The fraction of sp³-hybridized carbons (Fsp3) is 0.278. The fourth-order valence-electron chi connectivity index (χ4n) is 2.47. The van der Waals surface area contributed by atoms with Crippen molar-refractivity contribution in [2.75, 3.05) is 0 Å². The van der Waals surface area contributed by atoms with Crippen molar-refractivity contribution in [2.24, 2.45) is 0 Å². The summed E-state index contributed by atoms with van der Waals surface area (Å²) in [4.78, 5) is 12.1. The molecule has 22 heavy (non-hydrogen) atoms. The van der Waals surface area contributed by atoms with Gasteiger partial charge >= 0.3 is 0 Å². The first-order valence-electron chi connectivity index (χ1n) is 7.13. The van der Waals surface area contributed by atoms with Crippen LogP contribution in [-0.2, 0) is 0 Å². The molecule has 2 nitrogen and oxygen atoms in total. The van der Waals surface area contributed by atoms with Crippen LogP contribution in [0.25, 0.3) is 0 Å². The molecular formula is C18H19F2NO. The first-order valence-corrected chi connectivity index (χ1v) is 7.13. The van der Waals surface area contributed by atoms with Crippen molar-refractivity contribution in [3.05, 3.63) is 69.8 Å². The lowest BCUT2D eigenvalue weighted by atomic mass is 9.96. The van der Waals surface area contributed by atoms with Gasteiger partial charge in [0, 0.05) is 0 Å². The van der Waals surface area contributed by atoms with Crippen molar-refractivity contribution >= 4 is 5.91 Å². The maximum absolute atomic E-state index is 13.6. The van der Waals surface area contributed by atoms with Crippen LogP contribution in [-0.4, -0.2) is 5.91 Å². The lowest BCUT2D eigenvalue weighted by molar-refractivity contribution is 0.0935. The average molecular weight is 303 g/mol. The van der Waals surface area contributed by atoms with Crippen molar-refractivity contribution in [3.63, 3.8) is 0 Å². The van der Waals surface area contributed by atoms with Crippen LogP contribution >= 0.6 is 0 Å². The molecule has 0 bridgehead atoms. The van der Waals surface area contributed by atoms with Gasteiger partial charge in [-0.15, -0.1) is 0 Å². The molecule has 0 aromatic heterocycles. The summed E-state index contributed by atoms with van der Waals surface area (Å²) in [6, 6.07) is 6.62. The summed E-state index contributed by atoms with van der Waals surface area (Å²) >= 11 is 0. The van der Waals surface area contributed by atoms with E-state index in [9.17, 15) is 13.6 Å². The van der Waals surface area contributed by atoms with E-state index in [1.54, 1.807) is 0 Å². The lowest BCUT2D eigenvalue weighted by Gasteiger charge is -2.18. The van der Waals surface area contributed by atoms with E-state index in [0.717, 1.165) is 34.9 Å². The Balaban J connectivity index is 2.25. The third-order valence-electron chi connectivity index (χ3n) is 3.87. The molecule has 2 aromatic rings. The third-order valence-corrected chi connectivity index (χ3v) is 3.87. The van der Waals surface area contributed by atoms with Gasteiger partial charge in [0.15, 0.2) is 0 Å². The molecule has 1 atom stereocenters. The van der Waals surface area contributed by atoms with Crippen molar-refractivity contribution in [2.45, 2.75) is 33.7 Å². The van der Waals surface area contributed by atoms with Gasteiger partial charge in [0.2, 0.25) is 0 Å². The second kappa shape index (κ2) is 6.26. The summed E-state index contributed by atoms with van der Waals surface area (Å²) < 4.78 is 26.8. The van der Waals surface area contributed by atoms with Gasteiger partial charge in [-0.2, -0.15) is 0 Å². The molecule has 4 heteroatoms. The van der Waals surface area contributed by atoms with Crippen LogP contribution in [0, 0.1) is 32.4 Å². The van der Waals surface area contributed by atoms with Gasteiger partial charge in [0.05, 0.1) is 11.6 Å². The van der Waals surface area contributed by atoms with Crippen molar-refractivity contribution in [1.29, 1.82) is 0 Å². The van der Waals surface area contributed by atoms with Gasteiger partial charge in [-0.25, -0.2) is 8.78 Å². The van der Waals surface area contributed by atoms with E-state index in [4.69, 9.17) is 0 Å². The number of halogens is 2. The largest absolute Gasteiger partial charge is 0.345 e. The molecule has 0 saturated heterocycles. The highest BCUT2D eigenvalue weighted by Gasteiger charge is 2.17. The quantitative estimate of drug-likeness (QED) is 0.895. The Morgan fingerprint density at radius 1 is 1.00 bits per heavy atom. The molecule has 2 rings (SSSR count). The monoisotopic (exact) mass is 303 g/mol. The zero-order valence-electron chi connectivity index (χ0n) is 13.1. The van der Waals surface area contributed by atoms with Crippen LogP contribution in [0.2, 0.25) is 0 Å². The Kier molecular flexibility index (Phi) is 4.59. The molecule has 0 aliphatic heterocycles. The standard InChI is InChI=1S/C18H19F2NO/c1-10-7-12(3)15(8-11(10)2)13(4)21-18(22)16-9-14(19)5-6-17(16)20/h5-9,13H,1-4H3,(H,21,22). The van der Waals surface area contributed by atoms with E-state index >= 15 is 0 Å². The molecule has 1 unspecified atom stereocenters. The molecule has 1 N–H and O–H groups in total. The van der Waals surface area contributed by atoms with Crippen LogP contribution in [0.1, 0.15) is 45.6 Å². The van der Waals surface area contributed by atoms with Crippen LogP contribution < -0.4 is 5.32 Å². The van der Waals surface area contributed by atoms with Crippen molar-refractivity contribution in [1.82, 2.24) is 5.32 Å². The zero-order valence-corrected chi connectivity index (χ0v) is 13.1. The van der Waals surface area contributed by atoms with E-state index in [2.05, 4.69) is 11.4 Å². The minimum Gasteiger partial charge on any atom is -0.345 e. The topological polar surface area (TPSA) is 29.1 Å². The van der Waals surface area contributed by atoms with Crippen molar-refractivity contribution in [3.8, 4) is 0 Å². The normalized spacial score (nSPS) is 12.1. The second-order valence-corrected chi connectivity index (χ2v) is 5.61. The van der Waals surface area contributed by atoms with Gasteiger partial charge in [0.25, 0.3) is 5.91 Å². The number of hydrogen-bond donors (Lipinski definition) is 1. The third kappa shape index (κ3) is 3.32. The van der Waals surface area contributed by atoms with E-state index in [1.807, 2.05) is 33.8 Å². The van der Waals surface area contributed by atoms with Gasteiger partial charge in [-0.1, -0.05) is 12.1 Å². The van der Waals surface area contributed by atoms with Crippen molar-refractivity contribution < 1.29 is 13.6 Å².